The summed E-state index contributed by atoms with van der Waals surface area (Å²) < 4.78 is 0. The zero-order valence-corrected chi connectivity index (χ0v) is 10.7. The molecular weight excluding hydrogens is 252 g/mol. The fraction of sp³-hybridized carbons (Fsp3) is 0.231. The molecule has 0 amide bonds. The van der Waals surface area contributed by atoms with Crippen LogP contribution in [-0.4, -0.2) is 15.1 Å². The van der Waals surface area contributed by atoms with Crippen LogP contribution in [0.2, 0.25) is 5.02 Å². The third-order valence-corrected chi connectivity index (χ3v) is 2.82. The van der Waals surface area contributed by atoms with E-state index in [2.05, 4.69) is 9.97 Å². The van der Waals surface area contributed by atoms with Crippen molar-refractivity contribution in [3.63, 3.8) is 0 Å². The molecule has 0 atom stereocenters. The molecule has 0 saturated heterocycles. The second kappa shape index (κ2) is 5.23. The van der Waals surface area contributed by atoms with Crippen LogP contribution in [0.15, 0.2) is 29.1 Å². The lowest BCUT2D eigenvalue weighted by atomic mass is 10.2. The molecule has 18 heavy (non-hydrogen) atoms. The number of nitrogens with zero attached hydrogens (tertiary/aromatic N) is 1. The molecule has 94 valence electrons. The minimum Gasteiger partial charge on any atom is -0.506 e. The Morgan fingerprint density at radius 2 is 2.17 bits per heavy atom. The van der Waals surface area contributed by atoms with Gasteiger partial charge in [0.1, 0.15) is 11.6 Å². The van der Waals surface area contributed by atoms with Gasteiger partial charge in [-0.05, 0) is 24.6 Å². The maximum atomic E-state index is 11.5. The fourth-order valence-corrected chi connectivity index (χ4v) is 1.86. The predicted octanol–water partition coefficient (Wildman–Crippen LogP) is 2.75. The van der Waals surface area contributed by atoms with Crippen LogP contribution in [0.25, 0.3) is 11.4 Å². The molecule has 0 radical (unpaired) electrons. The molecule has 0 fully saturated rings. The number of benzene rings is 1. The summed E-state index contributed by atoms with van der Waals surface area (Å²) in [5.74, 6) is 0.473. The van der Waals surface area contributed by atoms with E-state index in [0.29, 0.717) is 11.4 Å². The minimum atomic E-state index is -0.187. The Bertz CT molecular complexity index is 623. The summed E-state index contributed by atoms with van der Waals surface area (Å²) in [5.41, 5.74) is 1.24. The summed E-state index contributed by atoms with van der Waals surface area (Å²) in [6.07, 6.45) is 1.68. The lowest BCUT2D eigenvalue weighted by molar-refractivity contribution is 0.475. The van der Waals surface area contributed by atoms with E-state index in [1.807, 2.05) is 6.92 Å². The highest BCUT2D eigenvalue weighted by Crippen LogP contribution is 2.27. The third-order valence-electron chi connectivity index (χ3n) is 2.52. The fourth-order valence-electron chi connectivity index (χ4n) is 1.68. The lowest BCUT2D eigenvalue weighted by Crippen LogP contribution is -2.10. The predicted molar refractivity (Wildman–Crippen MR) is 71.0 cm³/mol. The van der Waals surface area contributed by atoms with Gasteiger partial charge in [0.05, 0.1) is 5.02 Å². The van der Waals surface area contributed by atoms with Gasteiger partial charge in [0.25, 0.3) is 5.56 Å². The molecule has 2 aromatic rings. The first-order chi connectivity index (χ1) is 8.60. The average molecular weight is 265 g/mol. The standard InChI is InChI=1S/C13H13ClN2O2/c1-2-3-9-7-12(18)16-13(15-9)8-4-5-11(17)10(14)6-8/h4-7,17H,2-3H2,1H3,(H,15,16,18). The number of phenolic OH excluding ortho intramolecular Hbond substituents is 1. The van der Waals surface area contributed by atoms with Gasteiger partial charge in [-0.3, -0.25) is 4.79 Å². The van der Waals surface area contributed by atoms with E-state index < -0.39 is 0 Å². The van der Waals surface area contributed by atoms with Crippen LogP contribution in [0, 0.1) is 0 Å². The summed E-state index contributed by atoms with van der Waals surface area (Å²) in [7, 11) is 0. The third kappa shape index (κ3) is 2.71. The van der Waals surface area contributed by atoms with Gasteiger partial charge in [0.15, 0.2) is 0 Å². The normalized spacial score (nSPS) is 10.6. The van der Waals surface area contributed by atoms with E-state index >= 15 is 0 Å². The SMILES string of the molecule is CCCc1cc(=O)[nH]c(-c2ccc(O)c(Cl)c2)n1. The number of rotatable bonds is 3. The molecular formula is C13H13ClN2O2. The Kier molecular flexibility index (Phi) is 3.67. The van der Waals surface area contributed by atoms with Crippen molar-refractivity contribution in [1.82, 2.24) is 9.97 Å². The second-order valence-corrected chi connectivity index (χ2v) is 4.41. The summed E-state index contributed by atoms with van der Waals surface area (Å²) in [6.45, 7) is 2.03. The quantitative estimate of drug-likeness (QED) is 0.896. The number of phenols is 1. The molecule has 0 saturated carbocycles. The molecule has 0 aliphatic heterocycles. The summed E-state index contributed by atoms with van der Waals surface area (Å²) in [6, 6.07) is 6.21. The number of hydrogen-bond donors (Lipinski definition) is 2. The molecule has 1 aromatic carbocycles. The topological polar surface area (TPSA) is 66.0 Å². The Balaban J connectivity index is 2.49. The zero-order chi connectivity index (χ0) is 13.1. The Labute approximate surface area is 109 Å². The molecule has 0 bridgehead atoms. The van der Waals surface area contributed by atoms with Gasteiger partial charge in [-0.1, -0.05) is 24.9 Å². The van der Waals surface area contributed by atoms with Gasteiger partial charge < -0.3 is 10.1 Å². The van der Waals surface area contributed by atoms with Crippen molar-refractivity contribution in [1.29, 1.82) is 0 Å². The largest absolute Gasteiger partial charge is 0.506 e. The number of aromatic amines is 1. The maximum Gasteiger partial charge on any atom is 0.251 e. The zero-order valence-electron chi connectivity index (χ0n) is 9.90. The van der Waals surface area contributed by atoms with Gasteiger partial charge >= 0.3 is 0 Å². The molecule has 0 unspecified atom stereocenters. The van der Waals surface area contributed by atoms with Crippen molar-refractivity contribution >= 4 is 11.6 Å². The van der Waals surface area contributed by atoms with Gasteiger partial charge in [-0.15, -0.1) is 0 Å². The first kappa shape index (κ1) is 12.6. The van der Waals surface area contributed by atoms with Crippen LogP contribution in [0.5, 0.6) is 5.75 Å². The number of aromatic nitrogens is 2. The first-order valence-electron chi connectivity index (χ1n) is 5.69. The van der Waals surface area contributed by atoms with E-state index in [9.17, 15) is 9.90 Å². The van der Waals surface area contributed by atoms with E-state index in [1.54, 1.807) is 12.1 Å². The number of halogens is 1. The molecule has 0 spiro atoms. The summed E-state index contributed by atoms with van der Waals surface area (Å²) in [4.78, 5) is 18.6. The number of aryl methyl sites for hydroxylation is 1. The molecule has 4 nitrogen and oxygen atoms in total. The van der Waals surface area contributed by atoms with Crippen molar-refractivity contribution in [2.45, 2.75) is 19.8 Å². The molecule has 0 aliphatic carbocycles. The molecule has 1 heterocycles. The van der Waals surface area contributed by atoms with Gasteiger partial charge in [0, 0.05) is 17.3 Å². The van der Waals surface area contributed by atoms with Crippen molar-refractivity contribution in [2.75, 3.05) is 0 Å². The van der Waals surface area contributed by atoms with E-state index in [1.165, 1.54) is 12.1 Å². The molecule has 0 aliphatic rings. The summed E-state index contributed by atoms with van der Waals surface area (Å²) >= 11 is 5.83. The van der Waals surface area contributed by atoms with E-state index in [4.69, 9.17) is 11.6 Å². The van der Waals surface area contributed by atoms with Crippen molar-refractivity contribution in [3.8, 4) is 17.1 Å². The van der Waals surface area contributed by atoms with Crippen molar-refractivity contribution in [2.24, 2.45) is 0 Å². The van der Waals surface area contributed by atoms with Crippen molar-refractivity contribution < 1.29 is 5.11 Å². The average Bonchev–Trinajstić information content (AvgIpc) is 2.32. The van der Waals surface area contributed by atoms with Gasteiger partial charge in [-0.25, -0.2) is 4.98 Å². The van der Waals surface area contributed by atoms with E-state index in [-0.39, 0.29) is 16.3 Å². The molecule has 2 rings (SSSR count). The van der Waals surface area contributed by atoms with Crippen LogP contribution < -0.4 is 5.56 Å². The highest BCUT2D eigenvalue weighted by Gasteiger charge is 2.06. The number of aromatic hydroxyl groups is 1. The Morgan fingerprint density at radius 1 is 1.39 bits per heavy atom. The van der Waals surface area contributed by atoms with Gasteiger partial charge in [0.2, 0.25) is 0 Å². The monoisotopic (exact) mass is 264 g/mol. The highest BCUT2D eigenvalue weighted by molar-refractivity contribution is 6.32. The molecule has 1 aromatic heterocycles. The number of hydrogen-bond acceptors (Lipinski definition) is 3. The smallest absolute Gasteiger partial charge is 0.251 e. The second-order valence-electron chi connectivity index (χ2n) is 4.00. The first-order valence-corrected chi connectivity index (χ1v) is 6.07. The number of nitrogens with one attached hydrogen (secondary N) is 1. The minimum absolute atomic E-state index is 0.00692. The summed E-state index contributed by atoms with van der Waals surface area (Å²) in [5, 5.41) is 9.59. The van der Waals surface area contributed by atoms with E-state index in [0.717, 1.165) is 18.5 Å². The molecule has 5 heteroatoms. The Morgan fingerprint density at radius 3 is 2.83 bits per heavy atom. The van der Waals surface area contributed by atoms with Crippen LogP contribution >= 0.6 is 11.6 Å². The van der Waals surface area contributed by atoms with Gasteiger partial charge in [-0.2, -0.15) is 0 Å². The van der Waals surface area contributed by atoms with Crippen LogP contribution in [0.4, 0.5) is 0 Å². The molecule has 2 N–H and O–H groups in total. The van der Waals surface area contributed by atoms with Crippen LogP contribution in [0.3, 0.4) is 0 Å². The lowest BCUT2D eigenvalue weighted by Gasteiger charge is -2.05. The number of H-pyrrole nitrogens is 1. The Hall–Kier alpha value is -1.81. The highest BCUT2D eigenvalue weighted by atomic mass is 35.5. The maximum absolute atomic E-state index is 11.5. The van der Waals surface area contributed by atoms with Crippen LogP contribution in [-0.2, 0) is 6.42 Å². The van der Waals surface area contributed by atoms with Crippen LogP contribution in [0.1, 0.15) is 19.0 Å². The van der Waals surface area contributed by atoms with Crippen molar-refractivity contribution in [3.05, 3.63) is 45.3 Å².